The first kappa shape index (κ1) is 65.4. The maximum absolute atomic E-state index is 14.0. The molecule has 12 N–H and O–H groups in total. The number of oxime groups is 2. The summed E-state index contributed by atoms with van der Waals surface area (Å²) in [6.07, 6.45) is 0.0806. The number of carboxylic acids is 2. The molecule has 4 amide bonds. The van der Waals surface area contributed by atoms with E-state index in [1.54, 1.807) is 24.3 Å². The molecule has 0 radical (unpaired) electrons. The van der Waals surface area contributed by atoms with Gasteiger partial charge in [0.15, 0.2) is 21.7 Å². The van der Waals surface area contributed by atoms with Crippen molar-refractivity contribution in [1.29, 1.82) is 0 Å². The van der Waals surface area contributed by atoms with Gasteiger partial charge in [-0.25, -0.2) is 28.7 Å². The largest absolute Gasteiger partial charge is 0.489 e. The number of fused-ring (bicyclic) bond motifs is 2. The van der Waals surface area contributed by atoms with Crippen LogP contribution in [-0.4, -0.2) is 174 Å². The van der Waals surface area contributed by atoms with Gasteiger partial charge >= 0.3 is 22.3 Å². The number of nitrogen functional groups attached to an aromatic ring is 2. The van der Waals surface area contributed by atoms with Crippen molar-refractivity contribution in [3.8, 4) is 11.5 Å². The van der Waals surface area contributed by atoms with Crippen LogP contribution in [0.4, 0.5) is 21.9 Å². The number of carbonyl (C=O) groups is 6. The highest BCUT2D eigenvalue weighted by Crippen LogP contribution is 2.38. The van der Waals surface area contributed by atoms with Crippen LogP contribution >= 0.6 is 45.9 Å². The number of hydrogen-bond donors (Lipinski definition) is 10. The summed E-state index contributed by atoms with van der Waals surface area (Å²) in [5.41, 5.74) is 6.13. The highest BCUT2D eigenvalue weighted by molar-refractivity contribution is 7.81. The van der Waals surface area contributed by atoms with Crippen LogP contribution in [0.5, 0.6) is 11.5 Å². The second kappa shape index (κ2) is 26.3. The van der Waals surface area contributed by atoms with Crippen LogP contribution in [0, 0.1) is 11.8 Å². The Labute approximate surface area is 535 Å². The van der Waals surface area contributed by atoms with Gasteiger partial charge in [0.2, 0.25) is 0 Å². The van der Waals surface area contributed by atoms with E-state index >= 15 is 0 Å². The first-order chi connectivity index (χ1) is 43.1. The molecule has 4 saturated heterocycles. The Kier molecular flexibility index (Phi) is 18.9. The van der Waals surface area contributed by atoms with Gasteiger partial charge in [-0.1, -0.05) is 56.2 Å². The molecule has 4 aromatic heterocycles. The third kappa shape index (κ3) is 14.0. The standard InChI is InChI=1S/C54H60Cl2N16O16S3/c1-53(2)39(65-45(73)37(35-41(55)89-51(57)63-35)67-85-33(49(77)78)23-83-29-7-9-31-27(15-29)11-13-69(5)43(31)61-21-25-17-59-18-25)47(75)71(53)87-91(81,82)88-72-48(76)40(54(72,3)4)66-46(74)38(36-42(56)90-52(58)64-36)68-86-34(50(79)80)24-84-30-8-10-32-28(16-30)12-14-70(6)44(32)62-22-26-19-60-20-26/h7-16,25-26,33-34,39-40,59-60H,17-24H2,1-6H3,(H8,57,58,63,64,65,66,73,74,77,78,79,80)/p+2/b67-37-,68-38-/t33-,34-,39+,40+/m0/s1. The van der Waals surface area contributed by atoms with Crippen LogP contribution in [0.15, 0.2) is 71.2 Å². The molecule has 2 aromatic carbocycles. The summed E-state index contributed by atoms with van der Waals surface area (Å²) in [4.78, 5) is 99.2. The number of β-lactam (4-membered cyclic amide) rings is 2. The van der Waals surface area contributed by atoms with E-state index in [1.807, 2.05) is 59.9 Å². The van der Waals surface area contributed by atoms with Crippen molar-refractivity contribution >= 4 is 147 Å². The number of amides is 4. The van der Waals surface area contributed by atoms with Gasteiger partial charge in [-0.05, 0) is 87.0 Å². The lowest BCUT2D eigenvalue weighted by molar-refractivity contribution is -0.656. The molecular weight excluding hydrogens is 1300 g/mol. The van der Waals surface area contributed by atoms with Crippen LogP contribution in [-0.2, 0) is 71.5 Å². The van der Waals surface area contributed by atoms with Crippen LogP contribution in [0.3, 0.4) is 0 Å². The number of anilines is 4. The molecular formula is C54H62Cl2N16O16S3+2. The number of thiazole rings is 2. The number of aromatic nitrogens is 4. The Morgan fingerprint density at radius 2 is 1.08 bits per heavy atom. The van der Waals surface area contributed by atoms with Crippen LogP contribution < -0.4 is 62.0 Å². The maximum Gasteiger partial charge on any atom is 0.442 e. The van der Waals surface area contributed by atoms with E-state index in [0.717, 1.165) is 95.1 Å². The number of nitrogens with one attached hydrogen (secondary N) is 6. The quantitative estimate of drug-likeness (QED) is 0.0141. The molecule has 0 unspecified atom stereocenters. The summed E-state index contributed by atoms with van der Waals surface area (Å²) >= 11 is 14.2. The van der Waals surface area contributed by atoms with Gasteiger partial charge in [0.1, 0.15) is 56.9 Å². The minimum atomic E-state index is -5.41. The lowest BCUT2D eigenvalue weighted by atomic mass is 9.84. The zero-order valence-corrected chi connectivity index (χ0v) is 53.2. The number of benzene rings is 2. The molecule has 4 aliphatic rings. The Bertz CT molecular complexity index is 3820. The fraction of sp³-hybridized carbons (Fsp3) is 0.407. The van der Waals surface area contributed by atoms with Crippen molar-refractivity contribution in [1.82, 2.24) is 41.4 Å². The number of aryl methyl sites for hydroxylation is 2. The predicted molar refractivity (Wildman–Crippen MR) is 329 cm³/mol. The minimum absolute atomic E-state index is 0.126. The number of nitrogens with zero attached hydrogens (tertiary/aromatic N) is 8. The summed E-state index contributed by atoms with van der Waals surface area (Å²) in [7, 11) is -1.59. The van der Waals surface area contributed by atoms with E-state index in [-0.39, 0.29) is 30.3 Å². The topological polar surface area (TPSA) is 421 Å². The third-order valence-electron chi connectivity index (χ3n) is 15.3. The fourth-order valence-electron chi connectivity index (χ4n) is 9.82. The average Bonchev–Trinajstić information content (AvgIpc) is 1.05. The van der Waals surface area contributed by atoms with Gasteiger partial charge in [-0.3, -0.25) is 29.8 Å². The van der Waals surface area contributed by atoms with Crippen LogP contribution in [0.2, 0.25) is 8.67 Å². The van der Waals surface area contributed by atoms with E-state index in [9.17, 15) is 47.4 Å². The van der Waals surface area contributed by atoms with Crippen molar-refractivity contribution in [2.24, 2.45) is 36.2 Å². The van der Waals surface area contributed by atoms with Crippen molar-refractivity contribution in [3.05, 3.63) is 81.0 Å². The van der Waals surface area contributed by atoms with Crippen LogP contribution in [0.25, 0.3) is 21.5 Å². The van der Waals surface area contributed by atoms with Gasteiger partial charge in [0.05, 0.1) is 61.4 Å². The van der Waals surface area contributed by atoms with Crippen LogP contribution in [0.1, 0.15) is 39.1 Å². The normalized spacial score (nSPS) is 18.9. The first-order valence-electron chi connectivity index (χ1n) is 27.8. The second-order valence-corrected chi connectivity index (χ2v) is 26.9. The van der Waals surface area contributed by atoms with Crippen molar-refractivity contribution in [2.75, 3.05) is 74.6 Å². The predicted octanol–water partition coefficient (Wildman–Crippen LogP) is 0.814. The Morgan fingerprint density at radius 1 is 0.692 bits per heavy atom. The summed E-state index contributed by atoms with van der Waals surface area (Å²) < 4.78 is 52.4. The average molecular weight is 1360 g/mol. The van der Waals surface area contributed by atoms with Crippen molar-refractivity contribution in [3.63, 3.8) is 0 Å². The molecule has 4 atom stereocenters. The Hall–Kier alpha value is -8.55. The number of halogens is 2. The van der Waals surface area contributed by atoms with E-state index in [4.69, 9.17) is 62.4 Å². The van der Waals surface area contributed by atoms with E-state index in [1.165, 1.54) is 27.7 Å². The minimum Gasteiger partial charge on any atom is -0.489 e. The SMILES string of the molecule is C[n+]1ccc2cc(OC[C@H](O/N=C(\C(=O)N[C@@H]3C(=O)N(OS(=O)(=O)ON4C(=O)[C@@H](NC(=O)/C(=N\O[C@@H](COc5ccc6c(NCC7CNC7)[n+](C)ccc6c5)C(=O)O)c5nc(N)sc5Cl)C4(C)C)C3(C)C)c3nc(N)sc3Cl)C(=O)O)ccc2c1NCC1CNC1. The lowest BCUT2D eigenvalue weighted by Gasteiger charge is -2.52. The number of carbonyl (C=O) groups excluding carboxylic acids is 4. The van der Waals surface area contributed by atoms with E-state index < -0.39 is 106 Å². The molecule has 91 heavy (non-hydrogen) atoms. The number of pyridine rings is 2. The first-order valence-corrected chi connectivity index (χ1v) is 31.5. The highest BCUT2D eigenvalue weighted by atomic mass is 35.5. The molecule has 6 aromatic rings. The van der Waals surface area contributed by atoms with Gasteiger partial charge in [0.25, 0.3) is 47.5 Å². The number of aliphatic carboxylic acids is 2. The molecule has 8 heterocycles. The van der Waals surface area contributed by atoms with Gasteiger partial charge in [-0.2, -0.15) is 18.5 Å². The highest BCUT2D eigenvalue weighted by Gasteiger charge is 2.61. The number of hydroxylamine groups is 4. The molecule has 37 heteroatoms. The number of nitrogens with two attached hydrogens (primary N) is 2. The van der Waals surface area contributed by atoms with Crippen molar-refractivity contribution in [2.45, 2.75) is 63.1 Å². The van der Waals surface area contributed by atoms with E-state index in [0.29, 0.717) is 33.5 Å². The zero-order valence-electron chi connectivity index (χ0n) is 49.2. The smallest absolute Gasteiger partial charge is 0.442 e. The molecule has 0 saturated carbocycles. The fourth-order valence-corrected chi connectivity index (χ4v) is 12.6. The molecule has 10 rings (SSSR count). The molecule has 4 aliphatic heterocycles. The molecule has 0 aliphatic carbocycles. The number of rotatable bonds is 28. The molecule has 0 spiro atoms. The number of carboxylic acid groups (broad SMARTS) is 2. The molecule has 0 bridgehead atoms. The lowest BCUT2D eigenvalue weighted by Crippen LogP contribution is -2.78. The van der Waals surface area contributed by atoms with Gasteiger partial charge in [0, 0.05) is 38.0 Å². The third-order valence-corrected chi connectivity index (χ3v) is 18.1. The Balaban J connectivity index is 0.759. The van der Waals surface area contributed by atoms with Gasteiger partial charge in [-0.15, -0.1) is 8.57 Å². The number of hydrogen-bond acceptors (Lipinski definition) is 26. The van der Waals surface area contributed by atoms with E-state index in [2.05, 4.69) is 52.2 Å². The van der Waals surface area contributed by atoms with Gasteiger partial charge < -0.3 is 62.1 Å². The number of ether oxygens (including phenoxy) is 2. The molecule has 4 fully saturated rings. The zero-order chi connectivity index (χ0) is 65.4. The molecule has 32 nitrogen and oxygen atoms in total. The summed E-state index contributed by atoms with van der Waals surface area (Å²) in [6, 6.07) is 11.0. The second-order valence-electron chi connectivity index (χ2n) is 22.5. The summed E-state index contributed by atoms with van der Waals surface area (Å²) in [5.74, 6) is -4.49. The maximum atomic E-state index is 14.0. The molecule has 484 valence electrons. The Morgan fingerprint density at radius 3 is 1.40 bits per heavy atom. The summed E-state index contributed by atoms with van der Waals surface area (Å²) in [6.45, 7) is 9.15. The monoisotopic (exact) mass is 1360 g/mol. The van der Waals surface area contributed by atoms with Crippen molar-refractivity contribution < 1.29 is 84.2 Å². The summed E-state index contributed by atoms with van der Waals surface area (Å²) in [5, 5.41) is 49.9.